The molecular formula is C11H17NO2. The summed E-state index contributed by atoms with van der Waals surface area (Å²) < 4.78 is 5.20. The zero-order valence-electron chi connectivity index (χ0n) is 8.87. The predicted octanol–water partition coefficient (Wildman–Crippen LogP) is 1.17. The molecule has 3 nitrogen and oxygen atoms in total. The van der Waals surface area contributed by atoms with Crippen molar-refractivity contribution in [3.8, 4) is 5.75 Å². The van der Waals surface area contributed by atoms with Crippen molar-refractivity contribution in [1.29, 1.82) is 0 Å². The van der Waals surface area contributed by atoms with E-state index in [0.29, 0.717) is 5.75 Å². The van der Waals surface area contributed by atoms with Crippen LogP contribution in [-0.2, 0) is 5.60 Å². The van der Waals surface area contributed by atoms with Crippen LogP contribution in [-0.4, -0.2) is 18.8 Å². The summed E-state index contributed by atoms with van der Waals surface area (Å²) in [6.45, 7) is 3.80. The molecule has 0 spiro atoms. The van der Waals surface area contributed by atoms with Gasteiger partial charge in [-0.15, -0.1) is 0 Å². The second kappa shape index (κ2) is 3.98. The molecule has 3 heteroatoms. The Labute approximate surface area is 84.5 Å². The Morgan fingerprint density at radius 1 is 1.50 bits per heavy atom. The van der Waals surface area contributed by atoms with Gasteiger partial charge in [0.05, 0.1) is 7.11 Å². The molecule has 0 bridgehead atoms. The highest BCUT2D eigenvalue weighted by Gasteiger charge is 2.26. The lowest BCUT2D eigenvalue weighted by molar-refractivity contribution is 0.0634. The van der Waals surface area contributed by atoms with E-state index in [-0.39, 0.29) is 6.54 Å². The Balaban J connectivity index is 3.30. The average molecular weight is 195 g/mol. The maximum atomic E-state index is 10.1. The lowest BCUT2D eigenvalue weighted by Gasteiger charge is -2.25. The number of hydrogen-bond acceptors (Lipinski definition) is 3. The normalized spacial score (nSPS) is 14.9. The first-order chi connectivity index (χ1) is 6.53. The van der Waals surface area contributed by atoms with Crippen molar-refractivity contribution in [2.75, 3.05) is 13.7 Å². The van der Waals surface area contributed by atoms with Gasteiger partial charge in [-0.05, 0) is 25.5 Å². The summed E-state index contributed by atoms with van der Waals surface area (Å²) in [6, 6.07) is 5.65. The van der Waals surface area contributed by atoms with E-state index in [4.69, 9.17) is 10.5 Å². The number of ether oxygens (including phenoxy) is 1. The molecule has 0 radical (unpaired) electrons. The Kier molecular flexibility index (Phi) is 3.13. The van der Waals surface area contributed by atoms with E-state index in [1.807, 2.05) is 25.1 Å². The first kappa shape index (κ1) is 11.0. The Morgan fingerprint density at radius 3 is 2.64 bits per heavy atom. The molecular weight excluding hydrogens is 178 g/mol. The molecule has 0 fully saturated rings. The molecule has 1 rings (SSSR count). The maximum Gasteiger partial charge on any atom is 0.125 e. The van der Waals surface area contributed by atoms with Crippen LogP contribution in [0, 0.1) is 6.92 Å². The third kappa shape index (κ3) is 1.89. The number of rotatable bonds is 3. The van der Waals surface area contributed by atoms with Gasteiger partial charge >= 0.3 is 0 Å². The fraction of sp³-hybridized carbons (Fsp3) is 0.455. The van der Waals surface area contributed by atoms with Crippen LogP contribution < -0.4 is 10.5 Å². The van der Waals surface area contributed by atoms with E-state index in [0.717, 1.165) is 11.1 Å². The molecule has 0 aliphatic carbocycles. The highest BCUT2D eigenvalue weighted by molar-refractivity contribution is 5.43. The molecule has 0 saturated heterocycles. The van der Waals surface area contributed by atoms with E-state index >= 15 is 0 Å². The highest BCUT2D eigenvalue weighted by atomic mass is 16.5. The summed E-state index contributed by atoms with van der Waals surface area (Å²) in [5.41, 5.74) is 6.25. The summed E-state index contributed by atoms with van der Waals surface area (Å²) in [5, 5.41) is 10.1. The van der Waals surface area contributed by atoms with Crippen LogP contribution in [0.2, 0.25) is 0 Å². The smallest absolute Gasteiger partial charge is 0.125 e. The summed E-state index contributed by atoms with van der Waals surface area (Å²) in [6.07, 6.45) is 0. The number of nitrogens with two attached hydrogens (primary N) is 1. The summed E-state index contributed by atoms with van der Waals surface area (Å²) >= 11 is 0. The third-order valence-electron chi connectivity index (χ3n) is 2.39. The highest BCUT2D eigenvalue weighted by Crippen LogP contribution is 2.31. The minimum absolute atomic E-state index is 0.175. The van der Waals surface area contributed by atoms with Gasteiger partial charge in [-0.25, -0.2) is 0 Å². The van der Waals surface area contributed by atoms with E-state index in [9.17, 15) is 5.11 Å². The first-order valence-corrected chi connectivity index (χ1v) is 4.59. The fourth-order valence-corrected chi connectivity index (χ4v) is 1.60. The van der Waals surface area contributed by atoms with Crippen molar-refractivity contribution in [2.45, 2.75) is 19.4 Å². The van der Waals surface area contributed by atoms with Crippen molar-refractivity contribution >= 4 is 0 Å². The minimum Gasteiger partial charge on any atom is -0.496 e. The molecule has 3 N–H and O–H groups in total. The van der Waals surface area contributed by atoms with Crippen molar-refractivity contribution in [3.05, 3.63) is 29.3 Å². The minimum atomic E-state index is -1.03. The van der Waals surface area contributed by atoms with Crippen LogP contribution in [0.25, 0.3) is 0 Å². The van der Waals surface area contributed by atoms with Gasteiger partial charge in [0.15, 0.2) is 0 Å². The van der Waals surface area contributed by atoms with Gasteiger partial charge in [-0.1, -0.05) is 12.1 Å². The Hall–Kier alpha value is -1.06. The zero-order valence-corrected chi connectivity index (χ0v) is 8.87. The molecule has 1 unspecified atom stereocenters. The molecule has 0 aliphatic heterocycles. The number of hydrogen-bond donors (Lipinski definition) is 2. The Bertz CT molecular complexity index is 321. The van der Waals surface area contributed by atoms with Crippen LogP contribution in [0.4, 0.5) is 0 Å². The largest absolute Gasteiger partial charge is 0.496 e. The van der Waals surface area contributed by atoms with E-state index in [1.54, 1.807) is 14.0 Å². The van der Waals surface area contributed by atoms with Crippen LogP contribution >= 0.6 is 0 Å². The monoisotopic (exact) mass is 195 g/mol. The molecule has 1 aromatic carbocycles. The second-order valence-corrected chi connectivity index (χ2v) is 3.63. The van der Waals surface area contributed by atoms with Crippen LogP contribution in [0.15, 0.2) is 18.2 Å². The second-order valence-electron chi connectivity index (χ2n) is 3.63. The zero-order chi connectivity index (χ0) is 10.8. The van der Waals surface area contributed by atoms with Gasteiger partial charge in [-0.3, -0.25) is 0 Å². The quantitative estimate of drug-likeness (QED) is 0.761. The molecule has 14 heavy (non-hydrogen) atoms. The summed E-state index contributed by atoms with van der Waals surface area (Å²) in [4.78, 5) is 0. The molecule has 0 amide bonds. The molecule has 0 saturated carbocycles. The number of benzene rings is 1. The van der Waals surface area contributed by atoms with Crippen LogP contribution in [0.1, 0.15) is 18.1 Å². The molecule has 0 aromatic heterocycles. The van der Waals surface area contributed by atoms with Gasteiger partial charge in [0.2, 0.25) is 0 Å². The van der Waals surface area contributed by atoms with Gasteiger partial charge in [-0.2, -0.15) is 0 Å². The topological polar surface area (TPSA) is 55.5 Å². The average Bonchev–Trinajstić information content (AvgIpc) is 2.17. The fourth-order valence-electron chi connectivity index (χ4n) is 1.60. The molecule has 78 valence electrons. The first-order valence-electron chi connectivity index (χ1n) is 4.59. The molecule has 0 aliphatic rings. The summed E-state index contributed by atoms with van der Waals surface area (Å²) in [7, 11) is 1.59. The van der Waals surface area contributed by atoms with E-state index < -0.39 is 5.60 Å². The van der Waals surface area contributed by atoms with Crippen LogP contribution in [0.5, 0.6) is 5.75 Å². The van der Waals surface area contributed by atoms with E-state index in [2.05, 4.69) is 0 Å². The number of aliphatic hydroxyl groups is 1. The molecule has 0 heterocycles. The number of aryl methyl sites for hydroxylation is 1. The standard InChI is InChI=1S/C11H17NO2/c1-8-5-4-6-9(14-3)10(8)11(2,13)7-12/h4-6,13H,7,12H2,1-3H3. The summed E-state index contributed by atoms with van der Waals surface area (Å²) in [5.74, 6) is 0.681. The third-order valence-corrected chi connectivity index (χ3v) is 2.39. The van der Waals surface area contributed by atoms with Gasteiger partial charge in [0, 0.05) is 12.1 Å². The van der Waals surface area contributed by atoms with Gasteiger partial charge in [0.1, 0.15) is 11.4 Å². The lowest BCUT2D eigenvalue weighted by Crippen LogP contribution is -2.32. The maximum absolute atomic E-state index is 10.1. The lowest BCUT2D eigenvalue weighted by atomic mass is 9.91. The predicted molar refractivity (Wildman–Crippen MR) is 56.4 cm³/mol. The van der Waals surface area contributed by atoms with Crippen molar-refractivity contribution in [3.63, 3.8) is 0 Å². The van der Waals surface area contributed by atoms with Crippen molar-refractivity contribution in [1.82, 2.24) is 0 Å². The van der Waals surface area contributed by atoms with Crippen LogP contribution in [0.3, 0.4) is 0 Å². The number of methoxy groups -OCH3 is 1. The van der Waals surface area contributed by atoms with Crippen molar-refractivity contribution in [2.24, 2.45) is 5.73 Å². The van der Waals surface area contributed by atoms with Gasteiger partial charge in [0.25, 0.3) is 0 Å². The Morgan fingerprint density at radius 2 is 2.14 bits per heavy atom. The SMILES string of the molecule is COc1cccc(C)c1C(C)(O)CN. The van der Waals surface area contributed by atoms with Crippen molar-refractivity contribution < 1.29 is 9.84 Å². The molecule has 1 aromatic rings. The van der Waals surface area contributed by atoms with E-state index in [1.165, 1.54) is 0 Å². The molecule has 1 atom stereocenters. The van der Waals surface area contributed by atoms with Gasteiger partial charge < -0.3 is 15.6 Å².